The lowest BCUT2D eigenvalue weighted by Crippen LogP contribution is -2.47. The van der Waals surface area contributed by atoms with E-state index in [0.717, 1.165) is 31.2 Å². The highest BCUT2D eigenvalue weighted by Crippen LogP contribution is 2.21. The molecule has 2 amide bonds. The minimum absolute atomic E-state index is 0.0402. The minimum Gasteiger partial charge on any atom is -0.422 e. The fraction of sp³-hybridized carbons (Fsp3) is 0.438. The first-order valence-corrected chi connectivity index (χ1v) is 7.89. The summed E-state index contributed by atoms with van der Waals surface area (Å²) in [6.07, 6.45) is 5.55. The van der Waals surface area contributed by atoms with Crippen LogP contribution in [0.5, 0.6) is 0 Å². The fourth-order valence-corrected chi connectivity index (χ4v) is 2.79. The van der Waals surface area contributed by atoms with Crippen molar-refractivity contribution in [2.45, 2.75) is 45.1 Å². The molecule has 0 saturated heterocycles. The molecule has 2 aromatic rings. The van der Waals surface area contributed by atoms with Crippen molar-refractivity contribution in [3.05, 3.63) is 23.8 Å². The highest BCUT2D eigenvalue weighted by molar-refractivity contribution is 5.96. The molecule has 1 heterocycles. The second-order valence-corrected chi connectivity index (χ2v) is 5.90. The van der Waals surface area contributed by atoms with Crippen molar-refractivity contribution in [2.75, 3.05) is 0 Å². The lowest BCUT2D eigenvalue weighted by molar-refractivity contribution is 0.237. The zero-order valence-electron chi connectivity index (χ0n) is 13.1. The molecule has 4 N–H and O–H groups in total. The van der Waals surface area contributed by atoms with Crippen LogP contribution in [0.15, 0.2) is 27.6 Å². The average molecular weight is 315 g/mol. The smallest absolute Gasteiger partial charge is 0.325 e. The van der Waals surface area contributed by atoms with Crippen LogP contribution in [-0.2, 0) is 0 Å². The van der Waals surface area contributed by atoms with Crippen molar-refractivity contribution in [1.29, 1.82) is 0 Å². The second kappa shape index (κ2) is 6.68. The lowest BCUT2D eigenvalue weighted by Gasteiger charge is -2.22. The van der Waals surface area contributed by atoms with Crippen LogP contribution >= 0.6 is 0 Å². The van der Waals surface area contributed by atoms with Crippen LogP contribution in [0.3, 0.4) is 0 Å². The first-order chi connectivity index (χ1) is 11.1. The number of carbonyl (C=O) groups is 1. The summed E-state index contributed by atoms with van der Waals surface area (Å²) >= 11 is 0. The number of aryl methyl sites for hydroxylation is 1. The molecule has 7 heteroatoms. The molecule has 23 heavy (non-hydrogen) atoms. The predicted molar refractivity (Wildman–Crippen MR) is 88.6 cm³/mol. The molecule has 1 aliphatic carbocycles. The van der Waals surface area contributed by atoms with Gasteiger partial charge in [0, 0.05) is 6.04 Å². The molecule has 0 spiro atoms. The highest BCUT2D eigenvalue weighted by atomic mass is 16.4. The number of rotatable bonds is 2. The van der Waals surface area contributed by atoms with Gasteiger partial charge in [-0.05, 0) is 37.5 Å². The summed E-state index contributed by atoms with van der Waals surface area (Å²) < 4.78 is 5.47. The number of hydrogen-bond acceptors (Lipinski definition) is 4. The van der Waals surface area contributed by atoms with Crippen LogP contribution in [0.25, 0.3) is 11.1 Å². The number of urea groups is 1. The third-order valence-corrected chi connectivity index (χ3v) is 3.93. The van der Waals surface area contributed by atoms with Crippen LogP contribution in [0, 0.1) is 6.92 Å². The standard InChI is InChI=1S/C16H21N5O2/c1-10-7-8-13-12(9-10)19-16(23-13)21-14(17)20-15(22)18-11-5-3-2-4-6-11/h7-9,11H,2-6H2,1H3,(H4,17,18,19,20,21,22). The Balaban J connectivity index is 1.62. The molecule has 1 aromatic carbocycles. The van der Waals surface area contributed by atoms with Gasteiger partial charge in [0.25, 0.3) is 0 Å². The number of aliphatic imine (C=N–C) groups is 1. The molecular formula is C16H21N5O2. The Kier molecular flexibility index (Phi) is 4.45. The van der Waals surface area contributed by atoms with E-state index in [1.807, 2.05) is 25.1 Å². The summed E-state index contributed by atoms with van der Waals surface area (Å²) in [5.41, 5.74) is 8.17. The summed E-state index contributed by atoms with van der Waals surface area (Å²) in [5, 5.41) is 5.42. The molecule has 1 fully saturated rings. The maximum absolute atomic E-state index is 11.9. The van der Waals surface area contributed by atoms with Gasteiger partial charge < -0.3 is 15.5 Å². The second-order valence-electron chi connectivity index (χ2n) is 5.90. The maximum atomic E-state index is 11.9. The van der Waals surface area contributed by atoms with Crippen LogP contribution in [0.2, 0.25) is 0 Å². The summed E-state index contributed by atoms with van der Waals surface area (Å²) in [7, 11) is 0. The Morgan fingerprint density at radius 2 is 2.13 bits per heavy atom. The van der Waals surface area contributed by atoms with Crippen molar-refractivity contribution in [1.82, 2.24) is 15.6 Å². The topological polar surface area (TPSA) is 106 Å². The molecular weight excluding hydrogens is 294 g/mol. The van der Waals surface area contributed by atoms with Crippen molar-refractivity contribution in [3.63, 3.8) is 0 Å². The van der Waals surface area contributed by atoms with E-state index in [1.165, 1.54) is 6.42 Å². The zero-order valence-corrected chi connectivity index (χ0v) is 13.1. The summed E-state index contributed by atoms with van der Waals surface area (Å²) in [6, 6.07) is 5.66. The Labute approximate surface area is 134 Å². The molecule has 1 aromatic heterocycles. The van der Waals surface area contributed by atoms with E-state index in [0.29, 0.717) is 11.1 Å². The molecule has 1 aliphatic rings. The van der Waals surface area contributed by atoms with Crippen molar-refractivity contribution in [3.8, 4) is 0 Å². The zero-order chi connectivity index (χ0) is 16.2. The number of benzene rings is 1. The normalized spacial score (nSPS) is 16.5. The van der Waals surface area contributed by atoms with E-state index < -0.39 is 0 Å². The Morgan fingerprint density at radius 1 is 1.35 bits per heavy atom. The molecule has 122 valence electrons. The number of fused-ring (bicyclic) bond motifs is 1. The van der Waals surface area contributed by atoms with E-state index in [-0.39, 0.29) is 24.0 Å². The average Bonchev–Trinajstić information content (AvgIpc) is 2.89. The number of nitrogens with zero attached hydrogens (tertiary/aromatic N) is 2. The predicted octanol–water partition coefficient (Wildman–Crippen LogP) is 2.71. The summed E-state index contributed by atoms with van der Waals surface area (Å²) in [5.74, 6) is -0.0402. The van der Waals surface area contributed by atoms with Gasteiger partial charge in [0.15, 0.2) is 5.58 Å². The van der Waals surface area contributed by atoms with Crippen LogP contribution < -0.4 is 16.4 Å². The molecule has 0 radical (unpaired) electrons. The molecule has 1 saturated carbocycles. The largest absolute Gasteiger partial charge is 0.422 e. The van der Waals surface area contributed by atoms with Gasteiger partial charge in [0.1, 0.15) is 5.52 Å². The number of guanidine groups is 1. The van der Waals surface area contributed by atoms with E-state index in [2.05, 4.69) is 20.6 Å². The monoisotopic (exact) mass is 315 g/mol. The van der Waals surface area contributed by atoms with Gasteiger partial charge in [-0.2, -0.15) is 9.98 Å². The molecule has 7 nitrogen and oxygen atoms in total. The van der Waals surface area contributed by atoms with Crippen molar-refractivity contribution in [2.24, 2.45) is 10.7 Å². The van der Waals surface area contributed by atoms with Gasteiger partial charge in [0.2, 0.25) is 5.96 Å². The van der Waals surface area contributed by atoms with Crippen molar-refractivity contribution < 1.29 is 9.21 Å². The van der Waals surface area contributed by atoms with Crippen LogP contribution in [0.4, 0.5) is 10.8 Å². The SMILES string of the molecule is Cc1ccc2oc(N=C(N)NC(=O)NC3CCCCC3)nc2c1. The minimum atomic E-state index is -0.342. The first kappa shape index (κ1) is 15.3. The number of nitrogens with two attached hydrogens (primary N) is 1. The third-order valence-electron chi connectivity index (χ3n) is 3.93. The fourth-order valence-electron chi connectivity index (χ4n) is 2.79. The van der Waals surface area contributed by atoms with Gasteiger partial charge in [-0.25, -0.2) is 4.79 Å². The molecule has 0 bridgehead atoms. The first-order valence-electron chi connectivity index (χ1n) is 7.89. The Bertz CT molecular complexity index is 731. The quantitative estimate of drug-likeness (QED) is 0.585. The number of carbonyl (C=O) groups excluding carboxylic acids is 1. The molecule has 0 atom stereocenters. The number of hydrogen-bond donors (Lipinski definition) is 3. The number of oxazole rings is 1. The van der Waals surface area contributed by atoms with E-state index in [9.17, 15) is 4.79 Å². The molecule has 3 rings (SSSR count). The van der Waals surface area contributed by atoms with Crippen LogP contribution in [0.1, 0.15) is 37.7 Å². The number of amides is 2. The lowest BCUT2D eigenvalue weighted by atomic mass is 9.96. The van der Waals surface area contributed by atoms with Gasteiger partial charge in [-0.3, -0.25) is 5.32 Å². The highest BCUT2D eigenvalue weighted by Gasteiger charge is 2.16. The van der Waals surface area contributed by atoms with E-state index in [1.54, 1.807) is 0 Å². The maximum Gasteiger partial charge on any atom is 0.325 e. The van der Waals surface area contributed by atoms with E-state index in [4.69, 9.17) is 10.2 Å². The Morgan fingerprint density at radius 3 is 2.91 bits per heavy atom. The van der Waals surface area contributed by atoms with Gasteiger partial charge in [0.05, 0.1) is 0 Å². The van der Waals surface area contributed by atoms with Crippen molar-refractivity contribution >= 4 is 29.1 Å². The molecule has 0 unspecified atom stereocenters. The van der Waals surface area contributed by atoms with Gasteiger partial charge in [-0.1, -0.05) is 25.3 Å². The molecule has 0 aliphatic heterocycles. The summed E-state index contributed by atoms with van der Waals surface area (Å²) in [6.45, 7) is 1.97. The third kappa shape index (κ3) is 4.00. The van der Waals surface area contributed by atoms with E-state index >= 15 is 0 Å². The number of nitrogens with one attached hydrogen (secondary N) is 2. The van der Waals surface area contributed by atoms with Crippen LogP contribution in [-0.4, -0.2) is 23.0 Å². The number of aromatic nitrogens is 1. The Hall–Kier alpha value is -2.57. The summed E-state index contributed by atoms with van der Waals surface area (Å²) in [4.78, 5) is 20.1. The van der Waals surface area contributed by atoms with Gasteiger partial charge >= 0.3 is 12.0 Å². The van der Waals surface area contributed by atoms with Gasteiger partial charge in [-0.15, -0.1) is 0 Å².